The fourth-order valence-electron chi connectivity index (χ4n) is 9.76. The summed E-state index contributed by atoms with van der Waals surface area (Å²) in [5.74, 6) is 0. The van der Waals surface area contributed by atoms with Gasteiger partial charge in [-0.15, -0.1) is 0 Å². The smallest absolute Gasteiger partial charge is 0.211 e. The van der Waals surface area contributed by atoms with Crippen LogP contribution in [-0.2, 0) is 37.8 Å². The molecule has 338 valence electrons. The third-order valence-electron chi connectivity index (χ3n) is 12.9. The van der Waals surface area contributed by atoms with E-state index in [1.807, 2.05) is 0 Å². The summed E-state index contributed by atoms with van der Waals surface area (Å²) in [5.41, 5.74) is 30.4. The van der Waals surface area contributed by atoms with Crippen molar-refractivity contribution in [2.75, 3.05) is 0 Å². The summed E-state index contributed by atoms with van der Waals surface area (Å²) in [4.78, 5) is 0. The van der Waals surface area contributed by atoms with Gasteiger partial charge in [0, 0.05) is 38.4 Å². The monoisotopic (exact) mass is 853 g/mol. The molecule has 0 saturated heterocycles. The van der Waals surface area contributed by atoms with E-state index in [4.69, 9.17) is 0 Å². The van der Waals surface area contributed by atoms with E-state index in [-0.39, 0.29) is 0 Å². The zero-order chi connectivity index (χ0) is 44.1. The van der Waals surface area contributed by atoms with Crippen LogP contribution in [-0.4, -0.2) is 20.8 Å². The van der Waals surface area contributed by atoms with Crippen molar-refractivity contribution in [2.45, 2.75) is 260 Å². The van der Waals surface area contributed by atoms with Gasteiger partial charge in [0.15, 0.2) is 0 Å². The third kappa shape index (κ3) is 16.9. The average Bonchev–Trinajstić information content (AvgIpc) is 3.46. The number of nitrogens with zero attached hydrogens (tertiary/aromatic N) is 2. The number of benzene rings is 2. The molecular formula is C56H96N2Si2. The van der Waals surface area contributed by atoms with Crippen molar-refractivity contribution in [3.8, 4) is 0 Å². The Labute approximate surface area is 375 Å². The SMILES string of the molecule is CCCCCCCCC1=C(c2cc(CCCCC)c(C[Si](C)(C)C)c(CCCCC)c2)[N+](=[N-])C(c2cc(CCCCC)c(C[Si](C)(C)C)c(CCCCC)c2)=C1CCCC. The van der Waals surface area contributed by atoms with Gasteiger partial charge < -0.3 is 5.53 Å². The van der Waals surface area contributed by atoms with E-state index in [2.05, 4.69) is 105 Å². The maximum Gasteiger partial charge on any atom is 0.211 e. The van der Waals surface area contributed by atoms with Crippen molar-refractivity contribution < 1.29 is 4.70 Å². The largest absolute Gasteiger partial charge is 0.493 e. The first-order chi connectivity index (χ1) is 28.7. The summed E-state index contributed by atoms with van der Waals surface area (Å²) >= 11 is 0. The quantitative estimate of drug-likeness (QED) is 0.0398. The molecule has 0 spiro atoms. The fourth-order valence-corrected chi connectivity index (χ4v) is 12.8. The van der Waals surface area contributed by atoms with Crippen molar-refractivity contribution in [2.24, 2.45) is 0 Å². The van der Waals surface area contributed by atoms with E-state index >= 15 is 0 Å². The lowest BCUT2D eigenvalue weighted by atomic mass is 9.87. The number of allylic oxidation sites excluding steroid dienone is 2. The van der Waals surface area contributed by atoms with E-state index < -0.39 is 16.1 Å². The van der Waals surface area contributed by atoms with Crippen molar-refractivity contribution in [1.29, 1.82) is 0 Å². The Kier molecular flexibility index (Phi) is 23.7. The van der Waals surface area contributed by atoms with Crippen LogP contribution >= 0.6 is 0 Å². The first kappa shape index (κ1) is 52.3. The Bertz CT molecular complexity index is 1600. The summed E-state index contributed by atoms with van der Waals surface area (Å²) in [5, 5.41) is 0. The molecular weight excluding hydrogens is 757 g/mol. The van der Waals surface area contributed by atoms with Gasteiger partial charge in [-0.3, -0.25) is 0 Å². The maximum atomic E-state index is 13.1. The molecule has 0 saturated carbocycles. The normalized spacial score (nSPS) is 13.8. The minimum atomic E-state index is -1.38. The van der Waals surface area contributed by atoms with E-state index in [0.717, 1.165) is 62.8 Å². The van der Waals surface area contributed by atoms with E-state index in [1.54, 1.807) is 38.1 Å². The Morgan fingerprint density at radius 2 is 0.633 bits per heavy atom. The van der Waals surface area contributed by atoms with Gasteiger partial charge in [-0.05, 0) is 147 Å². The molecule has 0 radical (unpaired) electrons. The Morgan fingerprint density at radius 1 is 0.367 bits per heavy atom. The molecule has 1 aliphatic rings. The first-order valence-corrected chi connectivity index (χ1v) is 33.4. The molecule has 2 nitrogen and oxygen atoms in total. The molecule has 0 N–H and O–H groups in total. The van der Waals surface area contributed by atoms with Gasteiger partial charge in [0.25, 0.3) is 0 Å². The van der Waals surface area contributed by atoms with Gasteiger partial charge in [-0.1, -0.05) is 171 Å². The van der Waals surface area contributed by atoms with Gasteiger partial charge in [0.2, 0.25) is 11.4 Å². The molecule has 1 aliphatic heterocycles. The van der Waals surface area contributed by atoms with Crippen molar-refractivity contribution in [3.05, 3.63) is 85.5 Å². The van der Waals surface area contributed by atoms with Gasteiger partial charge in [-0.2, -0.15) is 0 Å². The van der Waals surface area contributed by atoms with E-state index in [9.17, 15) is 5.53 Å². The van der Waals surface area contributed by atoms with Gasteiger partial charge in [0.1, 0.15) is 0 Å². The van der Waals surface area contributed by atoms with Crippen LogP contribution in [0.2, 0.25) is 39.3 Å². The summed E-state index contributed by atoms with van der Waals surface area (Å²) in [6.45, 7) is 29.3. The second kappa shape index (κ2) is 27.2. The topological polar surface area (TPSA) is 25.3 Å². The lowest BCUT2D eigenvalue weighted by molar-refractivity contribution is -0.345. The Morgan fingerprint density at radius 3 is 0.950 bits per heavy atom. The lowest BCUT2D eigenvalue weighted by Crippen LogP contribution is -2.26. The predicted molar refractivity (Wildman–Crippen MR) is 275 cm³/mol. The molecule has 4 heteroatoms. The molecule has 2 aromatic carbocycles. The highest BCUT2D eigenvalue weighted by molar-refractivity contribution is 6.76. The number of hydrogen-bond donors (Lipinski definition) is 0. The summed E-state index contributed by atoms with van der Waals surface area (Å²) < 4.78 is 1.76. The highest BCUT2D eigenvalue weighted by atomic mass is 28.3. The molecule has 0 aliphatic carbocycles. The summed E-state index contributed by atoms with van der Waals surface area (Å²) in [7, 11) is -2.75. The minimum absolute atomic E-state index is 1.03. The highest BCUT2D eigenvalue weighted by Crippen LogP contribution is 2.46. The fraction of sp³-hybridized carbons (Fsp3) is 0.714. The van der Waals surface area contributed by atoms with Crippen molar-refractivity contribution >= 4 is 27.5 Å². The summed E-state index contributed by atoms with van der Waals surface area (Å²) in [6, 6.07) is 12.8. The van der Waals surface area contributed by atoms with Crippen LogP contribution in [0.1, 0.15) is 227 Å². The lowest BCUT2D eigenvalue weighted by Gasteiger charge is -2.24. The molecule has 0 atom stereocenters. The predicted octanol–water partition coefficient (Wildman–Crippen LogP) is 18.6. The molecule has 0 unspecified atom stereocenters. The van der Waals surface area contributed by atoms with Crippen LogP contribution in [0.15, 0.2) is 35.4 Å². The standard InChI is InChI=1S/C56H96N2Si2/c1-13-19-25-26-27-32-38-52-51(37-24-18-6)55(49-39-45(33-28-20-14-2)53(43-59(7,8)9)46(40-49)34-29-21-15-3)58(57)56(52)50-41-47(35-30-22-16-4)54(44-60(10,11)12)48(42-50)36-31-23-17-5/h39-42H,13-38,43-44H2,1-12H3. The van der Waals surface area contributed by atoms with Crippen LogP contribution in [0.25, 0.3) is 16.9 Å². The zero-order valence-corrected chi connectivity index (χ0v) is 44.0. The molecule has 2 aromatic rings. The van der Waals surface area contributed by atoms with Gasteiger partial charge in [0.05, 0.1) is 0 Å². The Balaban J connectivity index is 2.41. The van der Waals surface area contributed by atoms with Crippen molar-refractivity contribution in [3.63, 3.8) is 0 Å². The summed E-state index contributed by atoms with van der Waals surface area (Å²) in [6.07, 6.45) is 31.8. The first-order valence-electron chi connectivity index (χ1n) is 26.0. The molecule has 0 amide bonds. The van der Waals surface area contributed by atoms with Crippen molar-refractivity contribution in [1.82, 2.24) is 0 Å². The number of hydrogen-bond acceptors (Lipinski definition) is 0. The second-order valence-corrected chi connectivity index (χ2v) is 32.4. The number of rotatable bonds is 32. The van der Waals surface area contributed by atoms with Gasteiger partial charge in [-0.25, -0.2) is 4.70 Å². The van der Waals surface area contributed by atoms with Crippen LogP contribution in [0, 0.1) is 0 Å². The number of aryl methyl sites for hydroxylation is 4. The van der Waals surface area contributed by atoms with E-state index in [1.165, 1.54) is 150 Å². The molecule has 0 aromatic heterocycles. The maximum absolute atomic E-state index is 13.1. The van der Waals surface area contributed by atoms with Crippen LogP contribution in [0.4, 0.5) is 0 Å². The van der Waals surface area contributed by atoms with E-state index in [0.29, 0.717) is 0 Å². The molecule has 0 fully saturated rings. The van der Waals surface area contributed by atoms with Crippen LogP contribution in [0.5, 0.6) is 0 Å². The second-order valence-electron chi connectivity index (χ2n) is 21.4. The average molecular weight is 854 g/mol. The molecule has 0 bridgehead atoms. The van der Waals surface area contributed by atoms with Crippen LogP contribution in [0.3, 0.4) is 0 Å². The number of unbranched alkanes of at least 4 members (excludes halogenated alkanes) is 14. The minimum Gasteiger partial charge on any atom is -0.493 e. The Hall–Kier alpha value is -2.05. The zero-order valence-electron chi connectivity index (χ0n) is 42.0. The molecule has 60 heavy (non-hydrogen) atoms. The molecule has 1 heterocycles. The van der Waals surface area contributed by atoms with Crippen LogP contribution < -0.4 is 0 Å². The van der Waals surface area contributed by atoms with Gasteiger partial charge >= 0.3 is 0 Å². The highest BCUT2D eigenvalue weighted by Gasteiger charge is 2.37. The third-order valence-corrected chi connectivity index (χ3v) is 15.8. The molecule has 3 rings (SSSR count).